The van der Waals surface area contributed by atoms with Crippen molar-refractivity contribution in [3.8, 4) is 17.1 Å². The first-order valence-corrected chi connectivity index (χ1v) is 10.0. The predicted molar refractivity (Wildman–Crippen MR) is 96.8 cm³/mol. The van der Waals surface area contributed by atoms with E-state index in [1.165, 1.54) is 37.6 Å². The average molecular weight is 443 g/mol. The molecule has 1 heterocycles. The molecular formula is C18H13F4N3O4S. The van der Waals surface area contributed by atoms with E-state index in [0.717, 1.165) is 18.2 Å². The van der Waals surface area contributed by atoms with E-state index in [-0.39, 0.29) is 10.5 Å². The molecule has 0 saturated heterocycles. The van der Waals surface area contributed by atoms with Gasteiger partial charge in [0.15, 0.2) is 0 Å². The van der Waals surface area contributed by atoms with Gasteiger partial charge in [-0.1, -0.05) is 11.2 Å². The Kier molecular flexibility index (Phi) is 5.61. The van der Waals surface area contributed by atoms with E-state index in [0.29, 0.717) is 5.75 Å². The number of rotatable bonds is 4. The molecular weight excluding hydrogens is 430 g/mol. The highest BCUT2D eigenvalue weighted by Gasteiger charge is 2.38. The van der Waals surface area contributed by atoms with E-state index in [1.807, 2.05) is 0 Å². The van der Waals surface area contributed by atoms with Crippen LogP contribution in [0.1, 0.15) is 16.2 Å². The molecule has 0 N–H and O–H groups in total. The van der Waals surface area contributed by atoms with Gasteiger partial charge in [-0.2, -0.15) is 22.5 Å². The summed E-state index contributed by atoms with van der Waals surface area (Å²) in [6, 6.07) is 8.88. The summed E-state index contributed by atoms with van der Waals surface area (Å²) in [6.45, 7) is 0. The molecule has 0 bridgehead atoms. The highest BCUT2D eigenvalue weighted by Crippen LogP contribution is 2.30. The SMILES string of the molecule is COc1ccc(S(C)(=O)=NC(=O)c2ccc(-c3noc(C(F)(F)F)n3)cc2F)cc1. The van der Waals surface area contributed by atoms with Crippen LogP contribution in [-0.4, -0.2) is 33.6 Å². The Morgan fingerprint density at radius 3 is 2.37 bits per heavy atom. The molecule has 3 aromatic rings. The van der Waals surface area contributed by atoms with Crippen LogP contribution in [0.4, 0.5) is 17.6 Å². The van der Waals surface area contributed by atoms with Gasteiger partial charge in [0.2, 0.25) is 5.82 Å². The summed E-state index contributed by atoms with van der Waals surface area (Å²) in [6.07, 6.45) is -3.63. The van der Waals surface area contributed by atoms with Gasteiger partial charge in [-0.25, -0.2) is 8.60 Å². The minimum absolute atomic E-state index is 0.143. The van der Waals surface area contributed by atoms with E-state index in [4.69, 9.17) is 4.74 Å². The summed E-state index contributed by atoms with van der Waals surface area (Å²) in [7, 11) is -1.73. The van der Waals surface area contributed by atoms with E-state index in [1.54, 1.807) is 0 Å². The monoisotopic (exact) mass is 443 g/mol. The number of aromatic nitrogens is 2. The number of methoxy groups -OCH3 is 1. The van der Waals surface area contributed by atoms with Crippen LogP contribution in [0.15, 0.2) is 56.2 Å². The second kappa shape index (κ2) is 7.86. The molecule has 0 spiro atoms. The van der Waals surface area contributed by atoms with Crippen LogP contribution >= 0.6 is 0 Å². The predicted octanol–water partition coefficient (Wildman–Crippen LogP) is 4.20. The topological polar surface area (TPSA) is 94.7 Å². The molecule has 1 unspecified atom stereocenters. The Morgan fingerprint density at radius 2 is 1.83 bits per heavy atom. The largest absolute Gasteiger partial charge is 0.497 e. The van der Waals surface area contributed by atoms with Gasteiger partial charge < -0.3 is 9.26 Å². The van der Waals surface area contributed by atoms with Gasteiger partial charge in [-0.05, 0) is 36.4 Å². The lowest BCUT2D eigenvalue weighted by Gasteiger charge is -2.06. The molecule has 0 radical (unpaired) electrons. The van der Waals surface area contributed by atoms with Crippen molar-refractivity contribution >= 4 is 15.6 Å². The highest BCUT2D eigenvalue weighted by atomic mass is 32.2. The molecule has 0 aliphatic carbocycles. The van der Waals surface area contributed by atoms with Gasteiger partial charge >= 0.3 is 12.1 Å². The minimum Gasteiger partial charge on any atom is -0.497 e. The summed E-state index contributed by atoms with van der Waals surface area (Å²) >= 11 is 0. The van der Waals surface area contributed by atoms with Crippen LogP contribution < -0.4 is 4.74 Å². The molecule has 1 amide bonds. The van der Waals surface area contributed by atoms with Crippen LogP contribution in [0, 0.1) is 5.82 Å². The number of amides is 1. The molecule has 30 heavy (non-hydrogen) atoms. The maximum atomic E-state index is 14.4. The smallest absolute Gasteiger partial charge is 0.471 e. The van der Waals surface area contributed by atoms with Crippen molar-refractivity contribution in [3.63, 3.8) is 0 Å². The summed E-state index contributed by atoms with van der Waals surface area (Å²) in [5.74, 6) is -3.76. The summed E-state index contributed by atoms with van der Waals surface area (Å²) in [5, 5.41) is 3.14. The van der Waals surface area contributed by atoms with Gasteiger partial charge in [0.1, 0.15) is 11.6 Å². The van der Waals surface area contributed by atoms with E-state index >= 15 is 0 Å². The second-order valence-electron chi connectivity index (χ2n) is 5.99. The number of ether oxygens (including phenoxy) is 1. The second-order valence-corrected chi connectivity index (χ2v) is 8.25. The van der Waals surface area contributed by atoms with Gasteiger partial charge in [0.25, 0.3) is 5.91 Å². The molecule has 12 heteroatoms. The molecule has 0 fully saturated rings. The zero-order valence-corrected chi connectivity index (χ0v) is 16.3. The molecule has 3 rings (SSSR count). The van der Waals surface area contributed by atoms with Crippen molar-refractivity contribution in [1.29, 1.82) is 0 Å². The van der Waals surface area contributed by atoms with Crippen molar-refractivity contribution < 1.29 is 35.8 Å². The summed E-state index contributed by atoms with van der Waals surface area (Å²) in [5.41, 5.74) is -0.655. The van der Waals surface area contributed by atoms with Gasteiger partial charge in [0.05, 0.1) is 22.4 Å². The van der Waals surface area contributed by atoms with E-state index in [9.17, 15) is 26.6 Å². The number of benzene rings is 2. The third-order valence-electron chi connectivity index (χ3n) is 3.88. The lowest BCUT2D eigenvalue weighted by atomic mass is 10.1. The van der Waals surface area contributed by atoms with Crippen molar-refractivity contribution in [2.45, 2.75) is 11.1 Å². The molecule has 0 aliphatic rings. The maximum Gasteiger partial charge on any atom is 0.471 e. The van der Waals surface area contributed by atoms with Crippen LogP contribution in [0.5, 0.6) is 5.75 Å². The molecule has 7 nitrogen and oxygen atoms in total. The maximum absolute atomic E-state index is 14.4. The first-order valence-electron chi connectivity index (χ1n) is 8.12. The van der Waals surface area contributed by atoms with E-state index in [2.05, 4.69) is 19.0 Å². The lowest BCUT2D eigenvalue weighted by Crippen LogP contribution is -2.06. The molecule has 0 saturated carbocycles. The van der Waals surface area contributed by atoms with Crippen molar-refractivity contribution in [1.82, 2.24) is 10.1 Å². The number of carbonyl (C=O) groups is 1. The van der Waals surface area contributed by atoms with Crippen LogP contribution in [0.2, 0.25) is 0 Å². The normalized spacial score (nSPS) is 13.5. The van der Waals surface area contributed by atoms with Gasteiger partial charge in [-0.15, -0.1) is 0 Å². The third kappa shape index (κ3) is 4.48. The highest BCUT2D eigenvalue weighted by molar-refractivity contribution is 7.93. The minimum atomic E-state index is -4.85. The van der Waals surface area contributed by atoms with Crippen LogP contribution in [-0.2, 0) is 15.9 Å². The van der Waals surface area contributed by atoms with Crippen LogP contribution in [0.3, 0.4) is 0 Å². The number of hydrogen-bond acceptors (Lipinski definition) is 6. The Balaban J connectivity index is 1.90. The third-order valence-corrected chi connectivity index (χ3v) is 5.54. The zero-order valence-electron chi connectivity index (χ0n) is 15.4. The Hall–Kier alpha value is -3.28. The fourth-order valence-corrected chi connectivity index (χ4v) is 3.53. The Labute approximate surface area is 167 Å². The fourth-order valence-electron chi connectivity index (χ4n) is 2.37. The fraction of sp³-hybridized carbons (Fsp3) is 0.167. The summed E-state index contributed by atoms with van der Waals surface area (Å²) < 4.78 is 77.5. The van der Waals surface area contributed by atoms with Crippen LogP contribution in [0.25, 0.3) is 11.4 Å². The molecule has 0 aliphatic heterocycles. The number of halogens is 4. The Bertz CT molecular complexity index is 1210. The van der Waals surface area contributed by atoms with Crippen molar-refractivity contribution in [3.05, 3.63) is 59.7 Å². The first kappa shape index (κ1) is 21.4. The average Bonchev–Trinajstić information content (AvgIpc) is 3.18. The van der Waals surface area contributed by atoms with Gasteiger partial charge in [0, 0.05) is 16.7 Å². The van der Waals surface area contributed by atoms with Crippen molar-refractivity contribution in [2.75, 3.05) is 13.4 Å². The van der Waals surface area contributed by atoms with Gasteiger partial charge in [-0.3, -0.25) is 4.79 Å². The van der Waals surface area contributed by atoms with E-state index < -0.39 is 44.9 Å². The number of hydrogen-bond donors (Lipinski definition) is 0. The lowest BCUT2D eigenvalue weighted by molar-refractivity contribution is -0.159. The summed E-state index contributed by atoms with van der Waals surface area (Å²) in [4.78, 5) is 15.7. The standard InChI is InChI=1S/C18H13F4N3O4S/c1-28-11-4-6-12(7-5-11)30(2,27)25-16(26)13-8-3-10(9-14(13)19)15-23-17(29-24-15)18(20,21)22/h3-9H,1-2H3. The first-order chi connectivity index (χ1) is 14.0. The number of nitrogens with zero attached hydrogens (tertiary/aromatic N) is 3. The number of carbonyl (C=O) groups excluding carboxylic acids is 1. The van der Waals surface area contributed by atoms with Crippen molar-refractivity contribution in [2.24, 2.45) is 4.36 Å². The molecule has 158 valence electrons. The molecule has 2 aromatic carbocycles. The molecule has 1 atom stereocenters. The molecule has 1 aromatic heterocycles. The Morgan fingerprint density at radius 1 is 1.17 bits per heavy atom. The zero-order chi connectivity index (χ0) is 22.1. The quantitative estimate of drug-likeness (QED) is 0.561. The number of alkyl halides is 3.